The Kier molecular flexibility index (Phi) is 3.27. The maximum atomic E-state index is 2.56. The molecular formula is C15H20N2S. The van der Waals surface area contributed by atoms with Gasteiger partial charge in [-0.2, -0.15) is 0 Å². The first-order valence-corrected chi connectivity index (χ1v) is 7.62. The molecule has 0 aliphatic carbocycles. The van der Waals surface area contributed by atoms with Gasteiger partial charge in [0.2, 0.25) is 0 Å². The number of anilines is 1. The summed E-state index contributed by atoms with van der Waals surface area (Å²) in [6.07, 6.45) is 0. The molecule has 0 N–H and O–H groups in total. The Balaban J connectivity index is 1.89. The molecule has 18 heavy (non-hydrogen) atoms. The van der Waals surface area contributed by atoms with E-state index in [0.717, 1.165) is 19.6 Å². The first-order chi connectivity index (χ1) is 8.79. The fourth-order valence-electron chi connectivity index (χ4n) is 2.94. The Hall–Kier alpha value is -1.06. The number of rotatable bonds is 2. The number of nitrogens with zero attached hydrogens (tertiary/aromatic N) is 2. The van der Waals surface area contributed by atoms with Crippen molar-refractivity contribution in [1.29, 1.82) is 0 Å². The molecule has 0 spiro atoms. The van der Waals surface area contributed by atoms with Crippen molar-refractivity contribution in [3.05, 3.63) is 29.6 Å². The third kappa shape index (κ3) is 2.02. The van der Waals surface area contributed by atoms with E-state index in [9.17, 15) is 0 Å². The number of piperazine rings is 1. The standard InChI is InChI=1S/C15H20N2S/c1-3-16-8-9-17(11-12(16)2)14-5-4-6-15-13(14)7-10-18-15/h4-7,10,12H,3,8-9,11H2,1-2H3. The van der Waals surface area contributed by atoms with Crippen molar-refractivity contribution in [2.75, 3.05) is 31.1 Å². The van der Waals surface area contributed by atoms with Gasteiger partial charge in [-0.05, 0) is 37.0 Å². The molecule has 2 heterocycles. The predicted molar refractivity (Wildman–Crippen MR) is 80.7 cm³/mol. The second-order valence-electron chi connectivity index (χ2n) is 5.03. The lowest BCUT2D eigenvalue weighted by Gasteiger charge is -2.40. The maximum Gasteiger partial charge on any atom is 0.0455 e. The van der Waals surface area contributed by atoms with E-state index >= 15 is 0 Å². The predicted octanol–water partition coefficient (Wildman–Crippen LogP) is 3.43. The summed E-state index contributed by atoms with van der Waals surface area (Å²) in [5.41, 5.74) is 1.41. The average molecular weight is 260 g/mol. The van der Waals surface area contributed by atoms with Crippen molar-refractivity contribution >= 4 is 27.1 Å². The van der Waals surface area contributed by atoms with Crippen LogP contribution in [0.1, 0.15) is 13.8 Å². The van der Waals surface area contributed by atoms with Gasteiger partial charge in [0.05, 0.1) is 0 Å². The first kappa shape index (κ1) is 12.0. The van der Waals surface area contributed by atoms with E-state index in [1.807, 2.05) is 11.3 Å². The third-order valence-corrected chi connectivity index (χ3v) is 4.87. The van der Waals surface area contributed by atoms with Crippen LogP contribution in [0.15, 0.2) is 29.6 Å². The lowest BCUT2D eigenvalue weighted by atomic mass is 10.1. The molecule has 1 fully saturated rings. The Morgan fingerprint density at radius 3 is 2.94 bits per heavy atom. The van der Waals surface area contributed by atoms with Crippen LogP contribution in [0.2, 0.25) is 0 Å². The molecular weight excluding hydrogens is 240 g/mol. The first-order valence-electron chi connectivity index (χ1n) is 6.75. The van der Waals surface area contributed by atoms with Gasteiger partial charge in [-0.3, -0.25) is 4.90 Å². The third-order valence-electron chi connectivity index (χ3n) is 3.98. The summed E-state index contributed by atoms with van der Waals surface area (Å²) in [6, 6.07) is 9.58. The van der Waals surface area contributed by atoms with Crippen LogP contribution in [0, 0.1) is 0 Å². The molecule has 1 atom stereocenters. The van der Waals surface area contributed by atoms with Crippen LogP contribution in [0.25, 0.3) is 10.1 Å². The van der Waals surface area contributed by atoms with Crippen molar-refractivity contribution in [3.8, 4) is 0 Å². The lowest BCUT2D eigenvalue weighted by molar-refractivity contribution is 0.200. The zero-order chi connectivity index (χ0) is 12.5. The van der Waals surface area contributed by atoms with Crippen molar-refractivity contribution in [1.82, 2.24) is 4.90 Å². The van der Waals surface area contributed by atoms with E-state index in [0.29, 0.717) is 6.04 Å². The largest absolute Gasteiger partial charge is 0.368 e. The van der Waals surface area contributed by atoms with Gasteiger partial charge in [-0.25, -0.2) is 0 Å². The Morgan fingerprint density at radius 1 is 1.28 bits per heavy atom. The highest BCUT2D eigenvalue weighted by Crippen LogP contribution is 2.31. The molecule has 3 rings (SSSR count). The topological polar surface area (TPSA) is 6.48 Å². The van der Waals surface area contributed by atoms with Gasteiger partial charge in [0.1, 0.15) is 0 Å². The summed E-state index contributed by atoms with van der Waals surface area (Å²) in [7, 11) is 0. The summed E-state index contributed by atoms with van der Waals surface area (Å²) < 4.78 is 1.40. The lowest BCUT2D eigenvalue weighted by Crippen LogP contribution is -2.51. The van der Waals surface area contributed by atoms with Gasteiger partial charge in [0.25, 0.3) is 0 Å². The molecule has 0 bridgehead atoms. The molecule has 2 aromatic rings. The molecule has 0 amide bonds. The Labute approximate surface area is 113 Å². The minimum absolute atomic E-state index is 0.651. The number of thiophene rings is 1. The van der Waals surface area contributed by atoms with Gasteiger partial charge in [0, 0.05) is 41.4 Å². The molecule has 1 saturated heterocycles. The zero-order valence-electron chi connectivity index (χ0n) is 11.1. The van der Waals surface area contributed by atoms with Gasteiger partial charge in [-0.1, -0.05) is 13.0 Å². The van der Waals surface area contributed by atoms with Crippen molar-refractivity contribution < 1.29 is 0 Å². The van der Waals surface area contributed by atoms with E-state index in [1.54, 1.807) is 0 Å². The highest BCUT2D eigenvalue weighted by Gasteiger charge is 2.23. The monoisotopic (exact) mass is 260 g/mol. The van der Waals surface area contributed by atoms with Crippen LogP contribution in [-0.4, -0.2) is 37.1 Å². The molecule has 1 aliphatic heterocycles. The number of hydrogen-bond donors (Lipinski definition) is 0. The highest BCUT2D eigenvalue weighted by atomic mass is 32.1. The van der Waals surface area contributed by atoms with Gasteiger partial charge in [-0.15, -0.1) is 11.3 Å². The van der Waals surface area contributed by atoms with E-state index in [4.69, 9.17) is 0 Å². The van der Waals surface area contributed by atoms with Crippen molar-refractivity contribution in [2.45, 2.75) is 19.9 Å². The molecule has 96 valence electrons. The Morgan fingerprint density at radius 2 is 2.17 bits per heavy atom. The molecule has 0 saturated carbocycles. The number of fused-ring (bicyclic) bond motifs is 1. The SMILES string of the molecule is CCN1CCN(c2cccc3sccc23)CC1C. The molecule has 3 heteroatoms. The molecule has 1 aromatic heterocycles. The minimum Gasteiger partial charge on any atom is -0.368 e. The van der Waals surface area contributed by atoms with E-state index in [1.165, 1.54) is 22.3 Å². The summed E-state index contributed by atoms with van der Waals surface area (Å²) in [5, 5.41) is 3.61. The molecule has 1 aliphatic rings. The highest BCUT2D eigenvalue weighted by molar-refractivity contribution is 7.17. The molecule has 0 radical (unpaired) electrons. The van der Waals surface area contributed by atoms with Gasteiger partial charge >= 0.3 is 0 Å². The van der Waals surface area contributed by atoms with Crippen molar-refractivity contribution in [3.63, 3.8) is 0 Å². The van der Waals surface area contributed by atoms with Crippen LogP contribution in [0.3, 0.4) is 0 Å². The summed E-state index contributed by atoms with van der Waals surface area (Å²) in [6.45, 7) is 9.22. The van der Waals surface area contributed by atoms with Gasteiger partial charge < -0.3 is 4.90 Å². The van der Waals surface area contributed by atoms with Crippen molar-refractivity contribution in [2.24, 2.45) is 0 Å². The normalized spacial score (nSPS) is 21.7. The van der Waals surface area contributed by atoms with Crippen LogP contribution >= 0.6 is 11.3 Å². The van der Waals surface area contributed by atoms with Crippen LogP contribution in [0.5, 0.6) is 0 Å². The number of likely N-dealkylation sites (N-methyl/N-ethyl adjacent to an activating group) is 1. The smallest absolute Gasteiger partial charge is 0.0455 e. The molecule has 1 aromatic carbocycles. The maximum absolute atomic E-state index is 2.56. The summed E-state index contributed by atoms with van der Waals surface area (Å²) in [5.74, 6) is 0. The number of hydrogen-bond acceptors (Lipinski definition) is 3. The Bertz CT molecular complexity index is 534. The second-order valence-corrected chi connectivity index (χ2v) is 5.98. The number of benzene rings is 1. The fourth-order valence-corrected chi connectivity index (χ4v) is 3.75. The van der Waals surface area contributed by atoms with Crippen LogP contribution in [0.4, 0.5) is 5.69 Å². The van der Waals surface area contributed by atoms with Crippen LogP contribution in [-0.2, 0) is 0 Å². The summed E-state index contributed by atoms with van der Waals surface area (Å²) in [4.78, 5) is 5.11. The van der Waals surface area contributed by atoms with E-state index in [2.05, 4.69) is 53.3 Å². The second kappa shape index (κ2) is 4.90. The summed E-state index contributed by atoms with van der Waals surface area (Å²) >= 11 is 1.83. The zero-order valence-corrected chi connectivity index (χ0v) is 11.9. The fraction of sp³-hybridized carbons (Fsp3) is 0.467. The average Bonchev–Trinajstić information content (AvgIpc) is 2.86. The van der Waals surface area contributed by atoms with E-state index in [-0.39, 0.29) is 0 Å². The van der Waals surface area contributed by atoms with Gasteiger partial charge in [0.15, 0.2) is 0 Å². The molecule has 2 nitrogen and oxygen atoms in total. The van der Waals surface area contributed by atoms with Crippen LogP contribution < -0.4 is 4.90 Å². The van der Waals surface area contributed by atoms with E-state index < -0.39 is 0 Å². The molecule has 1 unspecified atom stereocenters. The minimum atomic E-state index is 0.651. The quantitative estimate of drug-likeness (QED) is 0.816.